The van der Waals surface area contributed by atoms with Gasteiger partial charge in [0.2, 0.25) is 0 Å². The van der Waals surface area contributed by atoms with Crippen molar-refractivity contribution in [3.63, 3.8) is 0 Å². The molecule has 1 aromatic heterocycles. The molecule has 0 aromatic carbocycles. The zero-order valence-electron chi connectivity index (χ0n) is 9.61. The van der Waals surface area contributed by atoms with Gasteiger partial charge in [-0.3, -0.25) is 4.57 Å². The molecule has 5 nitrogen and oxygen atoms in total. The van der Waals surface area contributed by atoms with Gasteiger partial charge in [0.1, 0.15) is 11.6 Å². The average Bonchev–Trinajstić information content (AvgIpc) is 2.56. The van der Waals surface area contributed by atoms with Crippen molar-refractivity contribution in [1.29, 1.82) is 0 Å². The number of aromatic nitrogens is 3. The number of aryl methyl sites for hydroxylation is 2. The van der Waals surface area contributed by atoms with Crippen LogP contribution < -0.4 is 5.69 Å². The molecule has 0 saturated carbocycles. The van der Waals surface area contributed by atoms with Crippen LogP contribution in [0.3, 0.4) is 0 Å². The highest BCUT2D eigenvalue weighted by molar-refractivity contribution is 5.75. The lowest BCUT2D eigenvalue weighted by atomic mass is 10.2. The highest BCUT2D eigenvalue weighted by Gasteiger charge is 2.16. The van der Waals surface area contributed by atoms with Crippen LogP contribution in [0, 0.1) is 0 Å². The van der Waals surface area contributed by atoms with E-state index < -0.39 is 0 Å². The summed E-state index contributed by atoms with van der Waals surface area (Å²) in [6.45, 7) is 2.92. The fourth-order valence-corrected chi connectivity index (χ4v) is 2.07. The van der Waals surface area contributed by atoms with Gasteiger partial charge in [-0.1, -0.05) is 0 Å². The monoisotopic (exact) mass is 223 g/mol. The lowest BCUT2D eigenvalue weighted by molar-refractivity contribution is -0.117. The maximum Gasteiger partial charge on any atom is 0.345 e. The topological polar surface area (TPSA) is 56.9 Å². The molecule has 0 amide bonds. The third kappa shape index (κ3) is 2.23. The van der Waals surface area contributed by atoms with E-state index in [1.54, 1.807) is 11.5 Å². The van der Waals surface area contributed by atoms with Crippen LogP contribution in [0.25, 0.3) is 0 Å². The Labute approximate surface area is 94.1 Å². The van der Waals surface area contributed by atoms with Crippen molar-refractivity contribution in [2.24, 2.45) is 0 Å². The van der Waals surface area contributed by atoms with Crippen molar-refractivity contribution in [3.8, 4) is 0 Å². The van der Waals surface area contributed by atoms with Crippen LogP contribution in [0.1, 0.15) is 38.4 Å². The fourth-order valence-electron chi connectivity index (χ4n) is 2.07. The van der Waals surface area contributed by atoms with Gasteiger partial charge in [0.05, 0.1) is 0 Å². The molecule has 88 valence electrons. The molecule has 2 rings (SSSR count). The summed E-state index contributed by atoms with van der Waals surface area (Å²) in [4.78, 5) is 22.7. The van der Waals surface area contributed by atoms with Crippen molar-refractivity contribution in [3.05, 3.63) is 16.3 Å². The largest absolute Gasteiger partial charge is 0.345 e. The summed E-state index contributed by atoms with van der Waals surface area (Å²) in [6, 6.07) is 0. The molecule has 0 saturated heterocycles. The quantitative estimate of drug-likeness (QED) is 0.757. The molecule has 16 heavy (non-hydrogen) atoms. The predicted octanol–water partition coefficient (Wildman–Crippen LogP) is 0.750. The fraction of sp³-hybridized carbons (Fsp3) is 0.727. The molecule has 0 fully saturated rings. The predicted molar refractivity (Wildman–Crippen MR) is 59.3 cm³/mol. The standard InChI is InChI=1S/C11H17N3O2/c1-9(15)5-4-8-14-11(16)13-7-3-2-6-10(13)12-14/h2-8H2,1H3. The molecule has 0 spiro atoms. The number of fused-ring (bicyclic) bond motifs is 1. The molecule has 0 unspecified atom stereocenters. The van der Waals surface area contributed by atoms with Crippen molar-refractivity contribution < 1.29 is 4.79 Å². The van der Waals surface area contributed by atoms with E-state index in [0.29, 0.717) is 19.4 Å². The summed E-state index contributed by atoms with van der Waals surface area (Å²) in [6.07, 6.45) is 4.30. The molecule has 0 atom stereocenters. The molecule has 1 aliphatic rings. The Hall–Kier alpha value is -1.39. The molecule has 1 aliphatic heterocycles. The zero-order valence-corrected chi connectivity index (χ0v) is 9.61. The first kappa shape index (κ1) is 11.1. The third-order valence-corrected chi connectivity index (χ3v) is 2.93. The first-order chi connectivity index (χ1) is 7.68. The normalized spacial score (nSPS) is 14.8. The average molecular weight is 223 g/mol. The number of nitrogens with zero attached hydrogens (tertiary/aromatic N) is 3. The third-order valence-electron chi connectivity index (χ3n) is 2.93. The number of carbonyl (C=O) groups excluding carboxylic acids is 1. The zero-order chi connectivity index (χ0) is 11.5. The minimum absolute atomic E-state index is 0.0155. The van der Waals surface area contributed by atoms with Crippen molar-refractivity contribution in [2.45, 2.75) is 52.1 Å². The van der Waals surface area contributed by atoms with E-state index in [-0.39, 0.29) is 11.5 Å². The van der Waals surface area contributed by atoms with E-state index in [4.69, 9.17) is 0 Å². The van der Waals surface area contributed by atoms with Crippen LogP contribution in [-0.2, 0) is 24.3 Å². The minimum Gasteiger partial charge on any atom is -0.300 e. The highest BCUT2D eigenvalue weighted by Crippen LogP contribution is 2.09. The van der Waals surface area contributed by atoms with Crippen LogP contribution in [0.2, 0.25) is 0 Å². The van der Waals surface area contributed by atoms with E-state index in [1.165, 1.54) is 4.68 Å². The number of carbonyl (C=O) groups is 1. The van der Waals surface area contributed by atoms with Gasteiger partial charge >= 0.3 is 5.69 Å². The number of rotatable bonds is 4. The number of Topliss-reactive ketones (excluding diaryl/α,β-unsaturated/α-hetero) is 1. The molecule has 0 radical (unpaired) electrons. The minimum atomic E-state index is -0.0155. The van der Waals surface area contributed by atoms with Gasteiger partial charge < -0.3 is 4.79 Å². The Kier molecular flexibility index (Phi) is 3.22. The lowest BCUT2D eigenvalue weighted by Gasteiger charge is -2.09. The molecular formula is C11H17N3O2. The Bertz CT molecular complexity index is 445. The molecule has 0 N–H and O–H groups in total. The number of hydrogen-bond acceptors (Lipinski definition) is 3. The SMILES string of the molecule is CC(=O)CCCn1nc2n(c1=O)CCCC2. The number of hydrogen-bond donors (Lipinski definition) is 0. The summed E-state index contributed by atoms with van der Waals surface area (Å²) < 4.78 is 3.26. The second kappa shape index (κ2) is 4.63. The van der Waals surface area contributed by atoms with Crippen molar-refractivity contribution in [1.82, 2.24) is 14.3 Å². The van der Waals surface area contributed by atoms with Gasteiger partial charge in [0, 0.05) is 25.9 Å². The first-order valence-electron chi connectivity index (χ1n) is 5.84. The van der Waals surface area contributed by atoms with Gasteiger partial charge in [-0.15, -0.1) is 0 Å². The highest BCUT2D eigenvalue weighted by atomic mass is 16.2. The van der Waals surface area contributed by atoms with Crippen LogP contribution in [0.15, 0.2) is 4.79 Å². The van der Waals surface area contributed by atoms with E-state index in [2.05, 4.69) is 5.10 Å². The van der Waals surface area contributed by atoms with Gasteiger partial charge in [0.25, 0.3) is 0 Å². The molecular weight excluding hydrogens is 206 g/mol. The Morgan fingerprint density at radius 1 is 1.44 bits per heavy atom. The Morgan fingerprint density at radius 3 is 2.94 bits per heavy atom. The first-order valence-corrected chi connectivity index (χ1v) is 5.84. The second-order valence-corrected chi connectivity index (χ2v) is 4.34. The van der Waals surface area contributed by atoms with E-state index in [1.807, 2.05) is 0 Å². The summed E-state index contributed by atoms with van der Waals surface area (Å²) in [7, 11) is 0. The number of ketones is 1. The summed E-state index contributed by atoms with van der Waals surface area (Å²) in [5.74, 6) is 1.07. The Balaban J connectivity index is 2.07. The van der Waals surface area contributed by atoms with Gasteiger partial charge in [-0.25, -0.2) is 9.48 Å². The molecule has 0 bridgehead atoms. The maximum absolute atomic E-state index is 11.9. The Morgan fingerprint density at radius 2 is 2.25 bits per heavy atom. The maximum atomic E-state index is 11.9. The van der Waals surface area contributed by atoms with Crippen LogP contribution in [0.5, 0.6) is 0 Å². The van der Waals surface area contributed by atoms with Gasteiger partial charge in [0.15, 0.2) is 0 Å². The van der Waals surface area contributed by atoms with Gasteiger partial charge in [-0.05, 0) is 26.2 Å². The summed E-state index contributed by atoms with van der Waals surface area (Å²) in [5.41, 5.74) is -0.0155. The molecule has 5 heteroatoms. The van der Waals surface area contributed by atoms with Crippen LogP contribution in [-0.4, -0.2) is 20.1 Å². The summed E-state index contributed by atoms with van der Waals surface area (Å²) in [5, 5.41) is 4.30. The lowest BCUT2D eigenvalue weighted by Crippen LogP contribution is -2.27. The van der Waals surface area contributed by atoms with Crippen molar-refractivity contribution in [2.75, 3.05) is 0 Å². The molecule has 0 aliphatic carbocycles. The van der Waals surface area contributed by atoms with Crippen LogP contribution >= 0.6 is 0 Å². The van der Waals surface area contributed by atoms with E-state index in [9.17, 15) is 9.59 Å². The van der Waals surface area contributed by atoms with Gasteiger partial charge in [-0.2, -0.15) is 5.10 Å². The smallest absolute Gasteiger partial charge is 0.300 e. The van der Waals surface area contributed by atoms with E-state index in [0.717, 1.165) is 31.6 Å². The molecule has 2 heterocycles. The van der Waals surface area contributed by atoms with Crippen LogP contribution in [0.4, 0.5) is 0 Å². The second-order valence-electron chi connectivity index (χ2n) is 4.34. The molecule has 1 aromatic rings. The summed E-state index contributed by atoms with van der Waals surface area (Å²) >= 11 is 0. The van der Waals surface area contributed by atoms with E-state index >= 15 is 0 Å². The van der Waals surface area contributed by atoms with Crippen molar-refractivity contribution >= 4 is 5.78 Å².